The molecule has 1 aliphatic rings. The SMILES string of the molecule is N#Cc1cccc([C@@H]2CN(c3ccc([N+](=O)[O-])c(C#N)c3)CCO2)c1. The predicted octanol–water partition coefficient (Wildman–Crippen LogP) is 2.92. The lowest BCUT2D eigenvalue weighted by atomic mass is 10.0. The molecule has 7 nitrogen and oxygen atoms in total. The van der Waals surface area contributed by atoms with E-state index in [9.17, 15) is 10.1 Å². The van der Waals surface area contributed by atoms with Gasteiger partial charge in [-0.2, -0.15) is 10.5 Å². The second kappa shape index (κ2) is 7.00. The first-order valence-corrected chi connectivity index (χ1v) is 7.67. The van der Waals surface area contributed by atoms with Gasteiger partial charge < -0.3 is 9.64 Å². The number of nitro groups is 1. The number of nitriles is 2. The second-order valence-electron chi connectivity index (χ2n) is 5.61. The van der Waals surface area contributed by atoms with E-state index in [-0.39, 0.29) is 17.4 Å². The molecule has 2 aromatic rings. The Kier molecular flexibility index (Phi) is 4.60. The van der Waals surface area contributed by atoms with E-state index in [1.807, 2.05) is 23.1 Å². The fourth-order valence-electron chi connectivity index (χ4n) is 2.86. The summed E-state index contributed by atoms with van der Waals surface area (Å²) in [5.41, 5.74) is 2.06. The summed E-state index contributed by atoms with van der Waals surface area (Å²) in [5.74, 6) is 0. The molecule has 3 rings (SSSR count). The van der Waals surface area contributed by atoms with Crippen LogP contribution in [0.15, 0.2) is 42.5 Å². The number of nitrogens with zero attached hydrogens (tertiary/aromatic N) is 4. The highest BCUT2D eigenvalue weighted by Gasteiger charge is 2.24. The minimum atomic E-state index is -0.558. The van der Waals surface area contributed by atoms with Crippen LogP contribution in [-0.4, -0.2) is 24.6 Å². The molecule has 0 spiro atoms. The van der Waals surface area contributed by atoms with E-state index in [0.29, 0.717) is 25.3 Å². The van der Waals surface area contributed by atoms with Gasteiger partial charge >= 0.3 is 0 Å². The molecule has 2 aromatic carbocycles. The number of hydrogen-bond donors (Lipinski definition) is 0. The van der Waals surface area contributed by atoms with E-state index >= 15 is 0 Å². The summed E-state index contributed by atoms with van der Waals surface area (Å²) in [5, 5.41) is 29.1. The number of benzene rings is 2. The zero-order valence-electron chi connectivity index (χ0n) is 13.3. The van der Waals surface area contributed by atoms with Crippen molar-refractivity contribution in [2.75, 3.05) is 24.6 Å². The Hall–Kier alpha value is -3.42. The average Bonchev–Trinajstić information content (AvgIpc) is 2.67. The molecule has 7 heteroatoms. The van der Waals surface area contributed by atoms with Gasteiger partial charge in [-0.1, -0.05) is 12.1 Å². The van der Waals surface area contributed by atoms with Crippen LogP contribution in [-0.2, 0) is 4.74 Å². The maximum absolute atomic E-state index is 11.0. The lowest BCUT2D eigenvalue weighted by molar-refractivity contribution is -0.385. The van der Waals surface area contributed by atoms with Crippen LogP contribution in [0.4, 0.5) is 11.4 Å². The normalized spacial score (nSPS) is 16.7. The highest BCUT2D eigenvalue weighted by Crippen LogP contribution is 2.29. The number of hydrogen-bond acceptors (Lipinski definition) is 6. The molecule has 0 aliphatic carbocycles. The molecular weight excluding hydrogens is 320 g/mol. The van der Waals surface area contributed by atoms with Crippen molar-refractivity contribution in [1.82, 2.24) is 0 Å². The average molecular weight is 334 g/mol. The van der Waals surface area contributed by atoms with Crippen LogP contribution in [0.5, 0.6) is 0 Å². The molecule has 0 bridgehead atoms. The Morgan fingerprint density at radius 1 is 1.20 bits per heavy atom. The summed E-state index contributed by atoms with van der Waals surface area (Å²) >= 11 is 0. The van der Waals surface area contributed by atoms with E-state index < -0.39 is 4.92 Å². The van der Waals surface area contributed by atoms with E-state index in [4.69, 9.17) is 15.3 Å². The Balaban J connectivity index is 1.85. The van der Waals surface area contributed by atoms with Crippen LogP contribution in [0.1, 0.15) is 22.8 Å². The molecule has 124 valence electrons. The summed E-state index contributed by atoms with van der Waals surface area (Å²) in [6, 6.07) is 15.8. The highest BCUT2D eigenvalue weighted by molar-refractivity contribution is 5.60. The highest BCUT2D eigenvalue weighted by atomic mass is 16.6. The summed E-state index contributed by atoms with van der Waals surface area (Å²) in [6.07, 6.45) is -0.206. The van der Waals surface area contributed by atoms with Crippen molar-refractivity contribution >= 4 is 11.4 Å². The van der Waals surface area contributed by atoms with Gasteiger partial charge in [-0.25, -0.2) is 0 Å². The van der Waals surface area contributed by atoms with Crippen LogP contribution < -0.4 is 4.90 Å². The molecule has 1 heterocycles. The van der Waals surface area contributed by atoms with Crippen molar-refractivity contribution in [2.24, 2.45) is 0 Å². The molecule has 1 saturated heterocycles. The van der Waals surface area contributed by atoms with Crippen molar-refractivity contribution in [3.8, 4) is 12.1 Å². The Morgan fingerprint density at radius 2 is 2.04 bits per heavy atom. The molecule has 0 unspecified atom stereocenters. The number of morpholine rings is 1. The van der Waals surface area contributed by atoms with E-state index in [1.165, 1.54) is 12.1 Å². The fraction of sp³-hybridized carbons (Fsp3) is 0.222. The molecule has 1 fully saturated rings. The fourth-order valence-corrected chi connectivity index (χ4v) is 2.86. The number of nitro benzene ring substituents is 1. The number of anilines is 1. The van der Waals surface area contributed by atoms with Crippen LogP contribution >= 0.6 is 0 Å². The first-order valence-electron chi connectivity index (χ1n) is 7.67. The molecular formula is C18H14N4O3. The quantitative estimate of drug-likeness (QED) is 0.631. The van der Waals surface area contributed by atoms with Crippen molar-refractivity contribution < 1.29 is 9.66 Å². The van der Waals surface area contributed by atoms with Crippen LogP contribution in [0.25, 0.3) is 0 Å². The van der Waals surface area contributed by atoms with Crippen molar-refractivity contribution in [1.29, 1.82) is 10.5 Å². The van der Waals surface area contributed by atoms with Crippen molar-refractivity contribution in [3.63, 3.8) is 0 Å². The van der Waals surface area contributed by atoms with E-state index in [2.05, 4.69) is 6.07 Å². The monoisotopic (exact) mass is 334 g/mol. The van der Waals surface area contributed by atoms with Crippen LogP contribution in [0.2, 0.25) is 0 Å². The van der Waals surface area contributed by atoms with Gasteiger partial charge in [0.2, 0.25) is 0 Å². The molecule has 0 saturated carbocycles. The topological polar surface area (TPSA) is 103 Å². The van der Waals surface area contributed by atoms with Gasteiger partial charge in [0.1, 0.15) is 17.7 Å². The summed E-state index contributed by atoms with van der Waals surface area (Å²) in [7, 11) is 0. The maximum atomic E-state index is 11.0. The van der Waals surface area contributed by atoms with Gasteiger partial charge in [-0.3, -0.25) is 10.1 Å². The number of rotatable bonds is 3. The van der Waals surface area contributed by atoms with E-state index in [0.717, 1.165) is 11.3 Å². The number of ether oxygens (including phenoxy) is 1. The van der Waals surface area contributed by atoms with Crippen molar-refractivity contribution in [3.05, 3.63) is 69.3 Å². The van der Waals surface area contributed by atoms with E-state index in [1.54, 1.807) is 18.2 Å². The Bertz CT molecular complexity index is 898. The van der Waals surface area contributed by atoms with Gasteiger partial charge in [0.15, 0.2) is 0 Å². The smallest absolute Gasteiger partial charge is 0.287 e. The molecule has 0 aromatic heterocycles. The van der Waals surface area contributed by atoms with Crippen LogP contribution in [0.3, 0.4) is 0 Å². The molecule has 25 heavy (non-hydrogen) atoms. The Labute approximate surface area is 144 Å². The third-order valence-corrected chi connectivity index (χ3v) is 4.12. The molecule has 1 aliphatic heterocycles. The molecule has 0 N–H and O–H groups in total. The standard InChI is InChI=1S/C18H14N4O3/c19-10-13-2-1-3-14(8-13)18-12-21(6-7-25-18)16-4-5-17(22(23)24)15(9-16)11-20/h1-5,8-9,18H,6-7,12H2/t18-/m0/s1. The first kappa shape index (κ1) is 16.4. The second-order valence-corrected chi connectivity index (χ2v) is 5.61. The largest absolute Gasteiger partial charge is 0.370 e. The lowest BCUT2D eigenvalue weighted by Gasteiger charge is -2.34. The lowest BCUT2D eigenvalue weighted by Crippen LogP contribution is -2.38. The van der Waals surface area contributed by atoms with Gasteiger partial charge in [-0.15, -0.1) is 0 Å². The predicted molar refractivity (Wildman–Crippen MR) is 89.9 cm³/mol. The third-order valence-electron chi connectivity index (χ3n) is 4.12. The Morgan fingerprint density at radius 3 is 2.76 bits per heavy atom. The zero-order chi connectivity index (χ0) is 17.8. The van der Waals surface area contributed by atoms with Gasteiger partial charge in [0, 0.05) is 24.8 Å². The summed E-state index contributed by atoms with van der Waals surface area (Å²) in [6.45, 7) is 1.65. The van der Waals surface area contributed by atoms with Gasteiger partial charge in [0.25, 0.3) is 5.69 Å². The molecule has 0 radical (unpaired) electrons. The van der Waals surface area contributed by atoms with Gasteiger partial charge in [0.05, 0.1) is 23.2 Å². The van der Waals surface area contributed by atoms with Crippen molar-refractivity contribution in [2.45, 2.75) is 6.10 Å². The third kappa shape index (κ3) is 3.42. The minimum Gasteiger partial charge on any atom is -0.370 e. The minimum absolute atomic E-state index is 0.0389. The van der Waals surface area contributed by atoms with Gasteiger partial charge in [-0.05, 0) is 29.8 Å². The first-order chi connectivity index (χ1) is 12.1. The molecule has 1 atom stereocenters. The van der Waals surface area contributed by atoms with Crippen LogP contribution in [0, 0.1) is 32.8 Å². The zero-order valence-corrected chi connectivity index (χ0v) is 13.3. The summed E-state index contributed by atoms with van der Waals surface area (Å²) in [4.78, 5) is 12.4. The summed E-state index contributed by atoms with van der Waals surface area (Å²) < 4.78 is 5.81. The molecule has 0 amide bonds. The maximum Gasteiger partial charge on any atom is 0.287 e.